The van der Waals surface area contributed by atoms with Crippen LogP contribution >= 0.6 is 0 Å². The number of nitrogens with one attached hydrogen (secondary N) is 2. The number of sulfonamides is 1. The summed E-state index contributed by atoms with van der Waals surface area (Å²) in [6.07, 6.45) is 3.16. The van der Waals surface area contributed by atoms with Gasteiger partial charge in [0.15, 0.2) is 0 Å². The average molecular weight is 392 g/mol. The Kier molecular flexibility index (Phi) is 5.79. The van der Waals surface area contributed by atoms with Crippen molar-refractivity contribution in [1.82, 2.24) is 9.71 Å². The fourth-order valence-corrected chi connectivity index (χ4v) is 3.47. The summed E-state index contributed by atoms with van der Waals surface area (Å²) in [5.74, 6) is -0.284. The molecular weight excluding hydrogens is 376 g/mol. The van der Waals surface area contributed by atoms with Crippen molar-refractivity contribution < 1.29 is 13.2 Å². The lowest BCUT2D eigenvalue weighted by Crippen LogP contribution is -2.23. The first-order chi connectivity index (χ1) is 13.5. The smallest absolute Gasteiger partial charge is 0.255 e. The number of amides is 1. The Hall–Kier alpha value is -3.54. The van der Waals surface area contributed by atoms with E-state index in [9.17, 15) is 13.2 Å². The van der Waals surface area contributed by atoms with Gasteiger partial charge >= 0.3 is 0 Å². The van der Waals surface area contributed by atoms with E-state index in [0.717, 1.165) is 0 Å². The highest BCUT2D eigenvalue weighted by Gasteiger charge is 2.14. The topological polar surface area (TPSA) is 112 Å². The number of anilines is 1. The molecule has 3 aromatic rings. The predicted octanol–water partition coefficient (Wildman–Crippen LogP) is 2.68. The lowest BCUT2D eigenvalue weighted by atomic mass is 10.1. The predicted molar refractivity (Wildman–Crippen MR) is 104 cm³/mol. The number of aromatic nitrogens is 1. The maximum Gasteiger partial charge on any atom is 0.255 e. The highest BCUT2D eigenvalue weighted by molar-refractivity contribution is 7.89. The molecule has 28 heavy (non-hydrogen) atoms. The molecule has 0 aliphatic rings. The number of pyridine rings is 1. The molecule has 0 spiro atoms. The molecule has 0 saturated carbocycles. The zero-order chi connectivity index (χ0) is 20.0. The molecule has 8 heteroatoms. The van der Waals surface area contributed by atoms with E-state index in [0.29, 0.717) is 16.8 Å². The van der Waals surface area contributed by atoms with E-state index >= 15 is 0 Å². The van der Waals surface area contributed by atoms with Crippen LogP contribution in [0.1, 0.15) is 21.5 Å². The van der Waals surface area contributed by atoms with Gasteiger partial charge in [0.2, 0.25) is 10.0 Å². The van der Waals surface area contributed by atoms with Gasteiger partial charge in [0, 0.05) is 18.3 Å². The molecule has 0 saturated heterocycles. The Morgan fingerprint density at radius 2 is 1.86 bits per heavy atom. The highest BCUT2D eigenvalue weighted by atomic mass is 32.2. The number of nitriles is 1. The van der Waals surface area contributed by atoms with Crippen LogP contribution in [0.3, 0.4) is 0 Å². The number of carbonyl (C=O) groups is 1. The maximum atomic E-state index is 12.4. The minimum Gasteiger partial charge on any atom is -0.321 e. The number of hydrogen-bond acceptors (Lipinski definition) is 5. The third-order valence-corrected chi connectivity index (χ3v) is 5.27. The Labute approximate surface area is 162 Å². The maximum absolute atomic E-state index is 12.4. The SMILES string of the molecule is N#Cc1cccc(S(=O)(=O)NCc2ccc(C(=O)Nc3cccnc3)cc2)c1. The summed E-state index contributed by atoms with van der Waals surface area (Å²) >= 11 is 0. The van der Waals surface area contributed by atoms with Crippen molar-refractivity contribution >= 4 is 21.6 Å². The number of hydrogen-bond donors (Lipinski definition) is 2. The van der Waals surface area contributed by atoms with E-state index in [4.69, 9.17) is 5.26 Å². The van der Waals surface area contributed by atoms with Gasteiger partial charge in [-0.1, -0.05) is 18.2 Å². The van der Waals surface area contributed by atoms with Gasteiger partial charge in [-0.05, 0) is 48.0 Å². The van der Waals surface area contributed by atoms with Crippen molar-refractivity contribution in [3.8, 4) is 6.07 Å². The van der Waals surface area contributed by atoms with Crippen molar-refractivity contribution in [2.45, 2.75) is 11.4 Å². The fraction of sp³-hybridized carbons (Fsp3) is 0.0500. The minimum absolute atomic E-state index is 0.0269. The van der Waals surface area contributed by atoms with E-state index in [1.807, 2.05) is 6.07 Å². The first-order valence-corrected chi connectivity index (χ1v) is 9.76. The van der Waals surface area contributed by atoms with Crippen LogP contribution in [0.25, 0.3) is 0 Å². The van der Waals surface area contributed by atoms with Crippen LogP contribution in [-0.2, 0) is 16.6 Å². The van der Waals surface area contributed by atoms with Gasteiger partial charge in [-0.15, -0.1) is 0 Å². The lowest BCUT2D eigenvalue weighted by molar-refractivity contribution is 0.102. The van der Waals surface area contributed by atoms with E-state index in [1.54, 1.807) is 48.8 Å². The molecule has 0 unspecified atom stereocenters. The third kappa shape index (κ3) is 4.79. The summed E-state index contributed by atoms with van der Waals surface area (Å²) in [6.45, 7) is 0.0591. The largest absolute Gasteiger partial charge is 0.321 e. The monoisotopic (exact) mass is 392 g/mol. The summed E-state index contributed by atoms with van der Waals surface area (Å²) in [6, 6.07) is 17.7. The molecule has 2 N–H and O–H groups in total. The summed E-state index contributed by atoms with van der Waals surface area (Å²) in [4.78, 5) is 16.2. The second-order valence-corrected chi connectivity index (χ2v) is 7.62. The van der Waals surface area contributed by atoms with Crippen molar-refractivity contribution in [3.63, 3.8) is 0 Å². The first-order valence-electron chi connectivity index (χ1n) is 8.28. The highest BCUT2D eigenvalue weighted by Crippen LogP contribution is 2.13. The Morgan fingerprint density at radius 1 is 1.07 bits per heavy atom. The van der Waals surface area contributed by atoms with Gasteiger partial charge in [-0.3, -0.25) is 9.78 Å². The van der Waals surface area contributed by atoms with Gasteiger partial charge in [-0.2, -0.15) is 5.26 Å². The molecule has 1 heterocycles. The normalized spacial score (nSPS) is 10.8. The quantitative estimate of drug-likeness (QED) is 0.670. The third-order valence-electron chi connectivity index (χ3n) is 3.88. The summed E-state index contributed by atoms with van der Waals surface area (Å²) in [5, 5.41) is 11.6. The number of nitrogens with zero attached hydrogens (tertiary/aromatic N) is 2. The van der Waals surface area contributed by atoms with Crippen molar-refractivity contribution in [1.29, 1.82) is 5.26 Å². The van der Waals surface area contributed by atoms with Crippen molar-refractivity contribution in [2.75, 3.05) is 5.32 Å². The fourth-order valence-electron chi connectivity index (χ4n) is 2.41. The molecular formula is C20H16N4O3S. The lowest BCUT2D eigenvalue weighted by Gasteiger charge is -2.08. The number of rotatable bonds is 6. The van der Waals surface area contributed by atoms with Crippen LogP contribution in [0, 0.1) is 11.3 Å². The molecule has 0 aliphatic heterocycles. The molecule has 3 rings (SSSR count). The van der Waals surface area contributed by atoms with Crippen molar-refractivity contribution in [3.05, 3.63) is 89.7 Å². The zero-order valence-electron chi connectivity index (χ0n) is 14.7. The van der Waals surface area contributed by atoms with E-state index in [2.05, 4.69) is 15.0 Å². The molecule has 0 bridgehead atoms. The molecule has 0 atom stereocenters. The molecule has 1 aromatic heterocycles. The number of carbonyl (C=O) groups excluding carboxylic acids is 1. The first kappa shape index (κ1) is 19.2. The van der Waals surface area contributed by atoms with Crippen LogP contribution in [-0.4, -0.2) is 19.3 Å². The van der Waals surface area contributed by atoms with E-state index < -0.39 is 10.0 Å². The molecule has 0 aliphatic carbocycles. The van der Waals surface area contributed by atoms with Crippen molar-refractivity contribution in [2.24, 2.45) is 0 Å². The standard InChI is InChI=1S/C20H16N4O3S/c21-12-16-3-1-5-19(11-16)28(26,27)23-13-15-6-8-17(9-7-15)20(25)24-18-4-2-10-22-14-18/h1-11,14,23H,13H2,(H,24,25). The minimum atomic E-state index is -3.75. The van der Waals surface area contributed by atoms with Crippen LogP contribution in [0.4, 0.5) is 5.69 Å². The van der Waals surface area contributed by atoms with Crippen LogP contribution in [0.2, 0.25) is 0 Å². The summed E-state index contributed by atoms with van der Waals surface area (Å²) < 4.78 is 27.2. The average Bonchev–Trinajstić information content (AvgIpc) is 2.73. The zero-order valence-corrected chi connectivity index (χ0v) is 15.5. The molecule has 140 valence electrons. The van der Waals surface area contributed by atoms with Crippen LogP contribution < -0.4 is 10.0 Å². The second-order valence-electron chi connectivity index (χ2n) is 5.86. The summed E-state index contributed by atoms with van der Waals surface area (Å²) in [7, 11) is -3.75. The van der Waals surface area contributed by atoms with Gasteiger partial charge in [0.1, 0.15) is 0 Å². The molecule has 1 amide bonds. The summed E-state index contributed by atoms with van der Waals surface area (Å²) in [5.41, 5.74) is 1.99. The Morgan fingerprint density at radius 3 is 2.54 bits per heavy atom. The van der Waals surface area contributed by atoms with E-state index in [-0.39, 0.29) is 22.9 Å². The van der Waals surface area contributed by atoms with Gasteiger partial charge < -0.3 is 5.32 Å². The number of benzene rings is 2. The molecule has 0 fully saturated rings. The molecule has 0 radical (unpaired) electrons. The van der Waals surface area contributed by atoms with Gasteiger partial charge in [-0.25, -0.2) is 13.1 Å². The Bertz CT molecular complexity index is 1120. The van der Waals surface area contributed by atoms with Crippen LogP contribution in [0.5, 0.6) is 0 Å². The molecule has 7 nitrogen and oxygen atoms in total. The van der Waals surface area contributed by atoms with E-state index in [1.165, 1.54) is 24.3 Å². The second kappa shape index (κ2) is 8.43. The van der Waals surface area contributed by atoms with Gasteiger partial charge in [0.25, 0.3) is 5.91 Å². The van der Waals surface area contributed by atoms with Gasteiger partial charge in [0.05, 0.1) is 28.4 Å². The van der Waals surface area contributed by atoms with Crippen LogP contribution in [0.15, 0.2) is 78.0 Å². The molecule has 2 aromatic carbocycles. The Balaban J connectivity index is 1.64.